The van der Waals surface area contributed by atoms with E-state index in [-0.39, 0.29) is 21.7 Å². The van der Waals surface area contributed by atoms with Gasteiger partial charge in [-0.05, 0) is 0 Å². The van der Waals surface area contributed by atoms with E-state index in [2.05, 4.69) is 5.32 Å². The number of phenolic OH excluding ortho intramolecular Hbond substituents is 1. The summed E-state index contributed by atoms with van der Waals surface area (Å²) in [7, 11) is 0. The minimum absolute atomic E-state index is 0.155. The summed E-state index contributed by atoms with van der Waals surface area (Å²) in [6.07, 6.45) is 0. The van der Waals surface area contributed by atoms with Crippen LogP contribution in [0.4, 0.5) is 5.69 Å². The monoisotopic (exact) mass is 275 g/mol. The molecule has 0 heterocycles. The van der Waals surface area contributed by atoms with Gasteiger partial charge in [0, 0.05) is 0 Å². The maximum atomic E-state index is 11.0. The molecular weight excluding hydrogens is 265 g/mol. The fourth-order valence-electron chi connectivity index (χ4n) is 1.04. The van der Waals surface area contributed by atoms with Crippen LogP contribution in [0.1, 0.15) is 6.92 Å². The van der Waals surface area contributed by atoms with Crippen LogP contribution in [0.25, 0.3) is 0 Å². The van der Waals surface area contributed by atoms with Crippen LogP contribution in [0, 0.1) is 0 Å². The van der Waals surface area contributed by atoms with Crippen LogP contribution in [0.3, 0.4) is 0 Å². The van der Waals surface area contributed by atoms with E-state index in [1.807, 2.05) is 0 Å². The molecule has 0 aliphatic heterocycles. The van der Waals surface area contributed by atoms with Gasteiger partial charge < -0.3 is 0 Å². The first-order chi connectivity index (χ1) is 6.79. The van der Waals surface area contributed by atoms with Gasteiger partial charge in [-0.15, -0.1) is 0 Å². The molecule has 0 saturated heterocycles. The Balaban J connectivity index is 3.17. The molecule has 7 heteroatoms. The van der Waals surface area contributed by atoms with Gasteiger partial charge in [-0.2, -0.15) is 0 Å². The summed E-state index contributed by atoms with van der Waals surface area (Å²) < 4.78 is 28.5. The van der Waals surface area contributed by atoms with Crippen molar-refractivity contribution in [1.82, 2.24) is 0 Å². The van der Waals surface area contributed by atoms with E-state index in [1.54, 1.807) is 0 Å². The maximum absolute atomic E-state index is 11.0. The Morgan fingerprint density at radius 2 is 1.93 bits per heavy atom. The molecule has 0 unspecified atom stereocenters. The molecule has 1 rings (SSSR count). The molecule has 82 valence electrons. The van der Waals surface area contributed by atoms with Gasteiger partial charge in [0.25, 0.3) is 0 Å². The van der Waals surface area contributed by atoms with E-state index in [0.29, 0.717) is 0 Å². The van der Waals surface area contributed by atoms with Crippen LogP contribution >= 0.6 is 0 Å². The third kappa shape index (κ3) is 3.43. The van der Waals surface area contributed by atoms with Gasteiger partial charge >= 0.3 is 88.1 Å². The number of nitrogens with one attached hydrogen (secondary N) is 1. The van der Waals surface area contributed by atoms with Gasteiger partial charge in [0.05, 0.1) is 0 Å². The SMILES string of the molecule is CC(=O)Nc1cc(O)cc([As](=O)(O)O)c1. The van der Waals surface area contributed by atoms with Crippen molar-refractivity contribution < 1.29 is 21.8 Å². The van der Waals surface area contributed by atoms with Crippen molar-refractivity contribution in [3.8, 4) is 5.75 Å². The van der Waals surface area contributed by atoms with Crippen molar-refractivity contribution in [2.24, 2.45) is 0 Å². The van der Waals surface area contributed by atoms with Crippen LogP contribution in [0.5, 0.6) is 5.75 Å². The number of phenols is 1. The number of amides is 1. The Kier molecular flexibility index (Phi) is 3.24. The molecule has 0 saturated carbocycles. The first kappa shape index (κ1) is 11.8. The van der Waals surface area contributed by atoms with Crippen LogP contribution in [-0.2, 0) is 8.53 Å². The summed E-state index contributed by atoms with van der Waals surface area (Å²) in [6.45, 7) is 1.26. The molecule has 1 aromatic rings. The molecule has 1 aromatic carbocycles. The molecule has 6 nitrogen and oxygen atoms in total. The van der Waals surface area contributed by atoms with Crippen molar-refractivity contribution in [3.05, 3.63) is 18.2 Å². The van der Waals surface area contributed by atoms with Crippen LogP contribution in [0.15, 0.2) is 18.2 Å². The normalized spacial score (nSPS) is 11.1. The molecule has 0 aliphatic carbocycles. The second-order valence-corrected chi connectivity index (χ2v) is 6.33. The molecule has 15 heavy (non-hydrogen) atoms. The quantitative estimate of drug-likeness (QED) is 0.513. The van der Waals surface area contributed by atoms with E-state index < -0.39 is 14.2 Å². The van der Waals surface area contributed by atoms with Gasteiger partial charge in [0.2, 0.25) is 0 Å². The zero-order valence-electron chi connectivity index (χ0n) is 7.84. The van der Waals surface area contributed by atoms with Crippen molar-refractivity contribution in [2.75, 3.05) is 5.32 Å². The van der Waals surface area contributed by atoms with Gasteiger partial charge in [-0.1, -0.05) is 0 Å². The van der Waals surface area contributed by atoms with Crippen molar-refractivity contribution in [3.63, 3.8) is 0 Å². The number of hydrogen-bond donors (Lipinski definition) is 4. The van der Waals surface area contributed by atoms with Gasteiger partial charge in [-0.25, -0.2) is 0 Å². The van der Waals surface area contributed by atoms with Crippen LogP contribution in [0.2, 0.25) is 0 Å². The van der Waals surface area contributed by atoms with E-state index in [1.165, 1.54) is 13.0 Å². The Morgan fingerprint density at radius 1 is 1.33 bits per heavy atom. The van der Waals surface area contributed by atoms with Crippen molar-refractivity contribution in [1.29, 1.82) is 0 Å². The average molecular weight is 275 g/mol. The molecule has 1 amide bonds. The Hall–Kier alpha value is -1.23. The molecule has 0 aliphatic rings. The number of carbonyl (C=O) groups is 1. The van der Waals surface area contributed by atoms with Gasteiger partial charge in [0.1, 0.15) is 0 Å². The fraction of sp³-hybridized carbons (Fsp3) is 0.125. The van der Waals surface area contributed by atoms with Crippen LogP contribution < -0.4 is 9.67 Å². The summed E-state index contributed by atoms with van der Waals surface area (Å²) >= 11 is -5.04. The van der Waals surface area contributed by atoms with Gasteiger partial charge in [-0.3, -0.25) is 0 Å². The standard InChI is InChI=1S/C8H10AsNO5/c1-5(11)10-7-2-6(9(13,14)15)3-8(12)4-7/h2-4,12H,1H3,(H,10,11)(H2,13,14,15). The number of aromatic hydroxyl groups is 1. The fourth-order valence-corrected chi connectivity index (χ4v) is 2.31. The van der Waals surface area contributed by atoms with Crippen LogP contribution in [-0.4, -0.2) is 33.4 Å². The molecule has 0 bridgehead atoms. The summed E-state index contributed by atoms with van der Waals surface area (Å²) in [5, 5.41) is 11.5. The van der Waals surface area contributed by atoms with Gasteiger partial charge in [0.15, 0.2) is 0 Å². The molecule has 0 spiro atoms. The third-order valence-corrected chi connectivity index (χ3v) is 3.51. The number of benzene rings is 1. The summed E-state index contributed by atoms with van der Waals surface area (Å²) in [6, 6.07) is 3.32. The number of hydrogen-bond acceptors (Lipinski definition) is 3. The molecule has 4 N–H and O–H groups in total. The van der Waals surface area contributed by atoms with Crippen molar-refractivity contribution >= 4 is 30.1 Å². The average Bonchev–Trinajstić information content (AvgIpc) is 1.99. The summed E-state index contributed by atoms with van der Waals surface area (Å²) in [4.78, 5) is 10.7. The topological polar surface area (TPSA) is 107 Å². The summed E-state index contributed by atoms with van der Waals surface area (Å²) in [5.41, 5.74) is 0.155. The second-order valence-electron chi connectivity index (χ2n) is 2.96. The summed E-state index contributed by atoms with van der Waals surface area (Å²) in [5.74, 6) is -0.689. The predicted molar refractivity (Wildman–Crippen MR) is 52.9 cm³/mol. The number of anilines is 1. The second kappa shape index (κ2) is 4.10. The Morgan fingerprint density at radius 3 is 2.40 bits per heavy atom. The first-order valence-corrected chi connectivity index (χ1v) is 7.35. The van der Waals surface area contributed by atoms with Crippen molar-refractivity contribution in [2.45, 2.75) is 6.92 Å². The van der Waals surface area contributed by atoms with E-state index in [4.69, 9.17) is 8.19 Å². The van der Waals surface area contributed by atoms with E-state index in [9.17, 15) is 13.6 Å². The zero-order chi connectivity index (χ0) is 11.6. The molecule has 0 atom stereocenters. The number of carbonyl (C=O) groups excluding carboxylic acids is 1. The minimum atomic E-state index is -5.04. The zero-order valence-corrected chi connectivity index (χ0v) is 9.71. The Labute approximate surface area is 88.6 Å². The van der Waals surface area contributed by atoms with E-state index >= 15 is 0 Å². The molecule has 0 fully saturated rings. The number of rotatable bonds is 2. The molecule has 0 aromatic heterocycles. The van der Waals surface area contributed by atoms with E-state index in [0.717, 1.165) is 12.1 Å². The molecular formula is C8H10AsNO5. The third-order valence-electron chi connectivity index (χ3n) is 1.56. The first-order valence-electron chi connectivity index (χ1n) is 3.97. The molecule has 0 radical (unpaired) electrons. The predicted octanol–water partition coefficient (Wildman–Crippen LogP) is -1.09. The Bertz CT molecular complexity index is 439.